The van der Waals surface area contributed by atoms with Crippen molar-refractivity contribution in [3.8, 4) is 0 Å². The maximum Gasteiger partial charge on any atom is 0.471 e. The third-order valence-corrected chi connectivity index (χ3v) is 4.38. The molecular formula is C18H13F3N2OS. The van der Waals surface area contributed by atoms with E-state index >= 15 is 0 Å². The van der Waals surface area contributed by atoms with Gasteiger partial charge in [0, 0.05) is 5.69 Å². The van der Waals surface area contributed by atoms with E-state index in [9.17, 15) is 18.0 Å². The number of alkyl halides is 3. The molecule has 0 bridgehead atoms. The van der Waals surface area contributed by atoms with Crippen LogP contribution in [0, 0.1) is 6.92 Å². The van der Waals surface area contributed by atoms with Gasteiger partial charge in [-0.3, -0.25) is 4.79 Å². The van der Waals surface area contributed by atoms with E-state index in [0.29, 0.717) is 5.56 Å². The van der Waals surface area contributed by atoms with Crippen molar-refractivity contribution in [3.05, 3.63) is 58.6 Å². The highest BCUT2D eigenvalue weighted by Gasteiger charge is 2.38. The van der Waals surface area contributed by atoms with Crippen LogP contribution >= 0.6 is 11.3 Å². The Labute approximate surface area is 145 Å². The number of aromatic nitrogens is 1. The lowest BCUT2D eigenvalue weighted by Crippen LogP contribution is -2.29. The first-order chi connectivity index (χ1) is 11.8. The number of thiazole rings is 1. The smallest absolute Gasteiger partial charge is 0.318 e. The molecule has 7 heteroatoms. The van der Waals surface area contributed by atoms with Gasteiger partial charge >= 0.3 is 12.1 Å². The molecule has 0 saturated carbocycles. The maximum absolute atomic E-state index is 12.3. The summed E-state index contributed by atoms with van der Waals surface area (Å²) in [6, 6.07) is 12.2. The molecule has 0 fully saturated rings. The molecule has 0 aliphatic rings. The van der Waals surface area contributed by atoms with Gasteiger partial charge < -0.3 is 5.32 Å². The van der Waals surface area contributed by atoms with E-state index in [0.717, 1.165) is 20.8 Å². The number of rotatable bonds is 3. The molecule has 1 aromatic heterocycles. The van der Waals surface area contributed by atoms with E-state index in [1.54, 1.807) is 24.3 Å². The highest BCUT2D eigenvalue weighted by Crippen LogP contribution is 2.25. The fourth-order valence-corrected chi connectivity index (χ4v) is 3.07. The number of carbonyl (C=O) groups is 1. The Balaban J connectivity index is 1.78. The zero-order valence-corrected chi connectivity index (χ0v) is 13.9. The Morgan fingerprint density at radius 2 is 1.96 bits per heavy atom. The summed E-state index contributed by atoms with van der Waals surface area (Å²) < 4.78 is 38.0. The van der Waals surface area contributed by atoms with Crippen molar-refractivity contribution >= 4 is 45.3 Å². The summed E-state index contributed by atoms with van der Waals surface area (Å²) in [5.41, 5.74) is 2.79. The minimum atomic E-state index is -4.91. The van der Waals surface area contributed by atoms with Gasteiger partial charge in [-0.05, 0) is 48.4 Å². The molecule has 0 saturated heterocycles. The second-order valence-corrected chi connectivity index (χ2v) is 6.50. The lowest BCUT2D eigenvalue weighted by Gasteiger charge is -2.08. The molecule has 1 N–H and O–H groups in total. The van der Waals surface area contributed by atoms with Crippen LogP contribution in [0.25, 0.3) is 22.4 Å². The van der Waals surface area contributed by atoms with Crippen molar-refractivity contribution in [1.82, 2.24) is 4.98 Å². The van der Waals surface area contributed by atoms with Crippen LogP contribution in [0.15, 0.2) is 42.5 Å². The SMILES string of the molecule is Cc1ccc2sc(/C=C/c3cccc(NC(=O)C(F)(F)F)c3)nc2c1. The predicted molar refractivity (Wildman–Crippen MR) is 94.4 cm³/mol. The number of halogens is 3. The van der Waals surface area contributed by atoms with Crippen LogP contribution in [-0.2, 0) is 4.79 Å². The number of benzene rings is 2. The van der Waals surface area contributed by atoms with Gasteiger partial charge in [0.25, 0.3) is 0 Å². The molecule has 128 valence electrons. The van der Waals surface area contributed by atoms with Gasteiger partial charge in [-0.1, -0.05) is 24.3 Å². The molecule has 3 rings (SSSR count). The second kappa shape index (κ2) is 6.68. The monoisotopic (exact) mass is 362 g/mol. The summed E-state index contributed by atoms with van der Waals surface area (Å²) in [7, 11) is 0. The first kappa shape index (κ1) is 17.2. The van der Waals surface area contributed by atoms with E-state index in [1.165, 1.54) is 23.5 Å². The van der Waals surface area contributed by atoms with Crippen molar-refractivity contribution in [1.29, 1.82) is 0 Å². The Morgan fingerprint density at radius 3 is 2.72 bits per heavy atom. The highest BCUT2D eigenvalue weighted by atomic mass is 32.1. The lowest BCUT2D eigenvalue weighted by molar-refractivity contribution is -0.167. The van der Waals surface area contributed by atoms with Crippen molar-refractivity contribution in [3.63, 3.8) is 0 Å². The Morgan fingerprint density at radius 1 is 1.16 bits per heavy atom. The molecule has 3 nitrogen and oxygen atoms in total. The number of hydrogen-bond donors (Lipinski definition) is 1. The summed E-state index contributed by atoms with van der Waals surface area (Å²) in [6.07, 6.45) is -1.37. The molecule has 1 amide bonds. The van der Waals surface area contributed by atoms with Crippen LogP contribution in [-0.4, -0.2) is 17.1 Å². The van der Waals surface area contributed by atoms with Crippen molar-refractivity contribution in [2.24, 2.45) is 0 Å². The van der Waals surface area contributed by atoms with Gasteiger partial charge in [0.15, 0.2) is 0 Å². The number of carbonyl (C=O) groups excluding carboxylic acids is 1. The molecule has 0 radical (unpaired) electrons. The normalized spacial score (nSPS) is 12.0. The van der Waals surface area contributed by atoms with Crippen LogP contribution in [0.2, 0.25) is 0 Å². The molecule has 3 aromatic rings. The van der Waals surface area contributed by atoms with Crippen molar-refractivity contribution in [2.45, 2.75) is 13.1 Å². The van der Waals surface area contributed by atoms with Crippen LogP contribution in [0.5, 0.6) is 0 Å². The van der Waals surface area contributed by atoms with Gasteiger partial charge in [-0.25, -0.2) is 4.98 Å². The van der Waals surface area contributed by atoms with Crippen LogP contribution in [0.3, 0.4) is 0 Å². The Kier molecular flexibility index (Phi) is 4.59. The molecule has 0 unspecified atom stereocenters. The van der Waals surface area contributed by atoms with Gasteiger partial charge in [-0.15, -0.1) is 11.3 Å². The largest absolute Gasteiger partial charge is 0.471 e. The standard InChI is InChI=1S/C18H13F3N2OS/c1-11-5-7-15-14(9-11)23-16(25-15)8-6-12-3-2-4-13(10-12)22-17(24)18(19,20)21/h2-10H,1H3,(H,22,24)/b8-6+. The lowest BCUT2D eigenvalue weighted by atomic mass is 10.2. The van der Waals surface area contributed by atoms with Crippen LogP contribution < -0.4 is 5.32 Å². The molecular weight excluding hydrogens is 349 g/mol. The first-order valence-electron chi connectivity index (χ1n) is 7.35. The summed E-state index contributed by atoms with van der Waals surface area (Å²) in [5, 5.41) is 2.63. The minimum Gasteiger partial charge on any atom is -0.318 e. The number of hydrogen-bond acceptors (Lipinski definition) is 3. The van der Waals surface area contributed by atoms with Gasteiger partial charge in [0.2, 0.25) is 0 Å². The summed E-state index contributed by atoms with van der Waals surface area (Å²) in [6.45, 7) is 2.00. The fraction of sp³-hybridized carbons (Fsp3) is 0.111. The molecule has 2 aromatic carbocycles. The molecule has 0 spiro atoms. The molecule has 0 atom stereocenters. The predicted octanol–water partition coefficient (Wildman–Crippen LogP) is 5.28. The minimum absolute atomic E-state index is 0.0874. The maximum atomic E-state index is 12.3. The average molecular weight is 362 g/mol. The Bertz CT molecular complexity index is 960. The molecule has 1 heterocycles. The Hall–Kier alpha value is -2.67. The average Bonchev–Trinajstić information content (AvgIpc) is 2.94. The van der Waals surface area contributed by atoms with Crippen molar-refractivity contribution in [2.75, 3.05) is 5.32 Å². The second-order valence-electron chi connectivity index (χ2n) is 5.43. The van der Waals surface area contributed by atoms with Gasteiger partial charge in [0.05, 0.1) is 10.2 Å². The zero-order chi connectivity index (χ0) is 18.0. The number of anilines is 1. The fourth-order valence-electron chi connectivity index (χ4n) is 2.22. The quantitative estimate of drug-likeness (QED) is 0.689. The summed E-state index contributed by atoms with van der Waals surface area (Å²) in [5.74, 6) is -1.99. The number of amides is 1. The molecule has 25 heavy (non-hydrogen) atoms. The van der Waals surface area contributed by atoms with E-state index in [1.807, 2.05) is 30.4 Å². The third kappa shape index (κ3) is 4.24. The molecule has 0 aliphatic carbocycles. The third-order valence-electron chi connectivity index (χ3n) is 3.38. The van der Waals surface area contributed by atoms with E-state index in [-0.39, 0.29) is 5.69 Å². The van der Waals surface area contributed by atoms with Crippen LogP contribution in [0.4, 0.5) is 18.9 Å². The summed E-state index contributed by atoms with van der Waals surface area (Å²) >= 11 is 1.53. The summed E-state index contributed by atoms with van der Waals surface area (Å²) in [4.78, 5) is 15.5. The van der Waals surface area contributed by atoms with Crippen molar-refractivity contribution < 1.29 is 18.0 Å². The zero-order valence-electron chi connectivity index (χ0n) is 13.1. The van der Waals surface area contributed by atoms with E-state index in [2.05, 4.69) is 4.98 Å². The number of fused-ring (bicyclic) bond motifs is 1. The number of nitrogens with zero attached hydrogens (tertiary/aromatic N) is 1. The van der Waals surface area contributed by atoms with E-state index < -0.39 is 12.1 Å². The number of nitrogens with one attached hydrogen (secondary N) is 1. The van der Waals surface area contributed by atoms with E-state index in [4.69, 9.17) is 0 Å². The molecule has 0 aliphatic heterocycles. The van der Waals surface area contributed by atoms with Gasteiger partial charge in [0.1, 0.15) is 5.01 Å². The van der Waals surface area contributed by atoms with Gasteiger partial charge in [-0.2, -0.15) is 13.2 Å². The first-order valence-corrected chi connectivity index (χ1v) is 8.16. The number of aryl methyl sites for hydroxylation is 1. The highest BCUT2D eigenvalue weighted by molar-refractivity contribution is 7.19. The topological polar surface area (TPSA) is 42.0 Å². The van der Waals surface area contributed by atoms with Crippen LogP contribution in [0.1, 0.15) is 16.1 Å².